The molecule has 6 heteroatoms. The van der Waals surface area contributed by atoms with E-state index < -0.39 is 5.60 Å². The summed E-state index contributed by atoms with van der Waals surface area (Å²) in [5.41, 5.74) is 2.73. The molecule has 6 nitrogen and oxygen atoms in total. The van der Waals surface area contributed by atoms with Crippen LogP contribution in [-0.2, 0) is 16.0 Å². The van der Waals surface area contributed by atoms with Crippen molar-refractivity contribution in [1.29, 1.82) is 0 Å². The number of hydrogen-bond acceptors (Lipinski definition) is 4. The molecule has 2 heterocycles. The minimum Gasteiger partial charge on any atom is -0.443 e. The quantitative estimate of drug-likeness (QED) is 0.753. The molecule has 1 aliphatic carbocycles. The van der Waals surface area contributed by atoms with Crippen LogP contribution in [0.3, 0.4) is 0 Å². The predicted molar refractivity (Wildman–Crippen MR) is 122 cm³/mol. The van der Waals surface area contributed by atoms with Crippen LogP contribution in [0.5, 0.6) is 0 Å². The number of fused-ring (bicyclic) bond motifs is 2. The van der Waals surface area contributed by atoms with Crippen molar-refractivity contribution in [1.82, 2.24) is 14.8 Å². The summed E-state index contributed by atoms with van der Waals surface area (Å²) >= 11 is 0. The van der Waals surface area contributed by atoms with Crippen LogP contribution in [-0.4, -0.2) is 52.7 Å². The monoisotopic (exact) mass is 423 g/mol. The number of rotatable bonds is 4. The summed E-state index contributed by atoms with van der Waals surface area (Å²) in [7, 11) is 0. The molecule has 2 aliphatic rings. The lowest BCUT2D eigenvalue weighted by Gasteiger charge is -2.46. The molecular weight excluding hydrogens is 390 g/mol. The summed E-state index contributed by atoms with van der Waals surface area (Å²) in [6, 6.07) is 6.45. The van der Waals surface area contributed by atoms with Gasteiger partial charge in [-0.3, -0.25) is 14.3 Å². The molecule has 2 aromatic rings. The van der Waals surface area contributed by atoms with Crippen molar-refractivity contribution < 1.29 is 14.3 Å². The van der Waals surface area contributed by atoms with Crippen molar-refractivity contribution in [2.45, 2.75) is 58.1 Å². The maximum Gasteiger partial charge on any atom is 0.419 e. The molecule has 1 N–H and O–H groups in total. The second-order valence-corrected chi connectivity index (χ2v) is 9.69. The first kappa shape index (κ1) is 21.6. The average Bonchev–Trinajstić information content (AvgIpc) is 3.08. The van der Waals surface area contributed by atoms with Gasteiger partial charge in [-0.15, -0.1) is 6.58 Å². The maximum atomic E-state index is 12.9. The Hall–Kier alpha value is -2.60. The summed E-state index contributed by atoms with van der Waals surface area (Å²) in [5.74, 6) is 0.317. The Labute approximate surface area is 184 Å². The zero-order chi connectivity index (χ0) is 22.3. The van der Waals surface area contributed by atoms with E-state index in [9.17, 15) is 9.59 Å². The highest BCUT2D eigenvalue weighted by molar-refractivity contribution is 5.95. The molecule has 1 fully saturated rings. The Balaban J connectivity index is 1.76. The fourth-order valence-electron chi connectivity index (χ4n) is 5.25. The smallest absolute Gasteiger partial charge is 0.419 e. The Kier molecular flexibility index (Phi) is 5.69. The molecule has 1 saturated heterocycles. The summed E-state index contributed by atoms with van der Waals surface area (Å²) < 4.78 is 7.30. The molecule has 0 radical (unpaired) electrons. The number of ether oxygens (including phenoxy) is 1. The summed E-state index contributed by atoms with van der Waals surface area (Å²) in [4.78, 5) is 28.0. The number of hydrogen-bond donors (Lipinski definition) is 1. The fourth-order valence-corrected chi connectivity index (χ4v) is 5.25. The van der Waals surface area contributed by atoms with Gasteiger partial charge in [-0.05, 0) is 57.7 Å². The Morgan fingerprint density at radius 2 is 2.10 bits per heavy atom. The van der Waals surface area contributed by atoms with Gasteiger partial charge in [-0.25, -0.2) is 4.79 Å². The second-order valence-electron chi connectivity index (χ2n) is 9.69. The summed E-state index contributed by atoms with van der Waals surface area (Å²) in [5, 5.41) is 4.14. The molecule has 0 bridgehead atoms. The Bertz CT molecular complexity index is 1020. The Morgan fingerprint density at radius 3 is 2.77 bits per heavy atom. The molecule has 3 atom stereocenters. The molecule has 0 saturated carbocycles. The van der Waals surface area contributed by atoms with Crippen molar-refractivity contribution in [3.63, 3.8) is 0 Å². The van der Waals surface area contributed by atoms with Crippen LogP contribution in [0.4, 0.5) is 4.79 Å². The number of piperidine rings is 1. The largest absolute Gasteiger partial charge is 0.443 e. The van der Waals surface area contributed by atoms with Gasteiger partial charge in [0.05, 0.1) is 11.4 Å². The Morgan fingerprint density at radius 1 is 1.32 bits per heavy atom. The van der Waals surface area contributed by atoms with Crippen LogP contribution >= 0.6 is 0 Å². The molecule has 0 spiro atoms. The lowest BCUT2D eigenvalue weighted by Crippen LogP contribution is -2.53. The van der Waals surface area contributed by atoms with E-state index in [1.165, 1.54) is 11.1 Å². The summed E-state index contributed by atoms with van der Waals surface area (Å²) in [6.45, 7) is 13.7. The van der Waals surface area contributed by atoms with E-state index in [2.05, 4.69) is 22.9 Å². The number of aromatic nitrogens is 1. The van der Waals surface area contributed by atoms with Crippen molar-refractivity contribution in [3.8, 4) is 0 Å². The molecule has 1 amide bonds. The topological polar surface area (TPSA) is 63.6 Å². The van der Waals surface area contributed by atoms with Crippen molar-refractivity contribution >= 4 is 22.9 Å². The second kappa shape index (κ2) is 8.15. The number of carbonyl (C=O) groups excluding carboxylic acids is 2. The van der Waals surface area contributed by atoms with E-state index in [1.54, 1.807) is 4.57 Å². The van der Waals surface area contributed by atoms with Crippen LogP contribution in [0.2, 0.25) is 0 Å². The van der Waals surface area contributed by atoms with Crippen LogP contribution in [0.15, 0.2) is 37.1 Å². The number of amides is 1. The van der Waals surface area contributed by atoms with E-state index >= 15 is 0 Å². The van der Waals surface area contributed by atoms with Gasteiger partial charge in [-0.1, -0.05) is 18.2 Å². The van der Waals surface area contributed by atoms with Gasteiger partial charge in [0.2, 0.25) is 5.91 Å². The van der Waals surface area contributed by atoms with Gasteiger partial charge in [-0.2, -0.15) is 0 Å². The SMILES string of the molecule is C=CCN1C[C@H](C(=O)NCC)C[C@@H]2c3cccc4c3c(cn4C(=O)OC(C)(C)C)C[C@H]21. The van der Waals surface area contributed by atoms with Gasteiger partial charge in [0, 0.05) is 43.2 Å². The van der Waals surface area contributed by atoms with Crippen molar-refractivity contribution in [2.75, 3.05) is 19.6 Å². The fraction of sp³-hybridized carbons (Fsp3) is 0.520. The van der Waals surface area contributed by atoms with Crippen LogP contribution in [0.1, 0.15) is 51.2 Å². The molecule has 31 heavy (non-hydrogen) atoms. The third-order valence-electron chi connectivity index (χ3n) is 6.37. The highest BCUT2D eigenvalue weighted by atomic mass is 16.6. The minimum absolute atomic E-state index is 0.0501. The van der Waals surface area contributed by atoms with E-state index in [1.807, 2.05) is 52.1 Å². The average molecular weight is 424 g/mol. The molecule has 166 valence electrons. The van der Waals surface area contributed by atoms with Gasteiger partial charge >= 0.3 is 6.09 Å². The number of nitrogens with one attached hydrogen (secondary N) is 1. The lowest BCUT2D eigenvalue weighted by molar-refractivity contribution is -0.127. The molecular formula is C25H33N3O3. The van der Waals surface area contributed by atoms with E-state index in [0.717, 1.165) is 36.8 Å². The van der Waals surface area contributed by atoms with Crippen molar-refractivity contribution in [2.24, 2.45) is 5.92 Å². The highest BCUT2D eigenvalue weighted by Crippen LogP contribution is 2.45. The van der Waals surface area contributed by atoms with Crippen LogP contribution in [0, 0.1) is 5.92 Å². The number of carbonyl (C=O) groups is 2. The number of benzene rings is 1. The first-order valence-corrected chi connectivity index (χ1v) is 11.2. The maximum absolute atomic E-state index is 12.9. The van der Waals surface area contributed by atoms with Crippen LogP contribution < -0.4 is 5.32 Å². The van der Waals surface area contributed by atoms with E-state index in [0.29, 0.717) is 6.54 Å². The number of nitrogens with zero attached hydrogens (tertiary/aromatic N) is 2. The molecule has 1 aromatic heterocycles. The predicted octanol–water partition coefficient (Wildman–Crippen LogP) is 4.08. The molecule has 0 unspecified atom stereocenters. The third kappa shape index (κ3) is 4.01. The summed E-state index contributed by atoms with van der Waals surface area (Å²) in [6.07, 6.45) is 5.18. The van der Waals surface area contributed by atoms with Gasteiger partial charge in [0.1, 0.15) is 5.60 Å². The number of likely N-dealkylation sites (tertiary alicyclic amines) is 1. The van der Waals surface area contributed by atoms with Gasteiger partial charge in [0.15, 0.2) is 0 Å². The lowest BCUT2D eigenvalue weighted by atomic mass is 9.72. The minimum atomic E-state index is -0.555. The van der Waals surface area contributed by atoms with Gasteiger partial charge in [0.25, 0.3) is 0 Å². The molecule has 1 aliphatic heterocycles. The first-order chi connectivity index (χ1) is 14.7. The van der Waals surface area contributed by atoms with Crippen molar-refractivity contribution in [3.05, 3.63) is 48.2 Å². The molecule has 1 aromatic carbocycles. The highest BCUT2D eigenvalue weighted by Gasteiger charge is 2.42. The first-order valence-electron chi connectivity index (χ1n) is 11.2. The van der Waals surface area contributed by atoms with Gasteiger partial charge < -0.3 is 10.1 Å². The van der Waals surface area contributed by atoms with E-state index in [-0.39, 0.29) is 29.9 Å². The zero-order valence-corrected chi connectivity index (χ0v) is 19.0. The molecule has 4 rings (SSSR count). The zero-order valence-electron chi connectivity index (χ0n) is 19.0. The standard InChI is InChI=1S/C25H33N3O3/c1-6-11-27-14-17(23(29)26-7-2)12-19-18-9-8-10-20-22(18)16(13-21(19)27)15-28(20)24(30)31-25(3,4)5/h6,8-10,15,17,19,21H,1,7,11-14H2,2-5H3,(H,26,29)/t17-,19-,21-/m1/s1. The normalized spacial score (nSPS) is 23.3. The third-order valence-corrected chi connectivity index (χ3v) is 6.37. The van der Waals surface area contributed by atoms with E-state index in [4.69, 9.17) is 4.74 Å². The van der Waals surface area contributed by atoms with Crippen LogP contribution in [0.25, 0.3) is 10.9 Å².